The number of benzene rings is 3. The normalized spacial score (nSPS) is 20.1. The molecule has 4 rings (SSSR count). The van der Waals surface area contributed by atoms with Crippen LogP contribution in [0.25, 0.3) is 21.9 Å². The maximum atomic E-state index is 14.9. The average Bonchev–Trinajstić information content (AvgIpc) is 2.67. The fourth-order valence-corrected chi connectivity index (χ4v) is 4.38. The average molecular weight is 368 g/mol. The predicted molar refractivity (Wildman–Crippen MR) is 104 cm³/mol. The lowest BCUT2D eigenvalue weighted by molar-refractivity contribution is 0.318. The van der Waals surface area contributed by atoms with Gasteiger partial charge in [-0.1, -0.05) is 31.5 Å². The van der Waals surface area contributed by atoms with Crippen molar-refractivity contribution in [1.82, 2.24) is 0 Å². The molecule has 1 fully saturated rings. The fraction of sp³-hybridized carbons (Fsp3) is 0.333. The van der Waals surface area contributed by atoms with Crippen LogP contribution in [0.4, 0.5) is 13.2 Å². The van der Waals surface area contributed by atoms with Crippen LogP contribution in [0.1, 0.15) is 50.5 Å². The van der Waals surface area contributed by atoms with Crippen LogP contribution in [-0.2, 0) is 0 Å². The largest absolute Gasteiger partial charge is 0.207 e. The van der Waals surface area contributed by atoms with Gasteiger partial charge in [-0.2, -0.15) is 0 Å². The third-order valence-electron chi connectivity index (χ3n) is 6.05. The van der Waals surface area contributed by atoms with Gasteiger partial charge in [-0.3, -0.25) is 0 Å². The van der Waals surface area contributed by atoms with Gasteiger partial charge in [0.1, 0.15) is 17.5 Å². The molecule has 1 aliphatic carbocycles. The molecular formula is C24H23F3. The standard InChI is InChI=1S/C24H23F3/c1-2-15-3-5-16(6-4-15)20-13-22(26)24(23(27)14-20)19-8-7-18-12-21(25)10-9-17(18)11-19/h7-16H,2-6H2,1H3/t15-,16-. The van der Waals surface area contributed by atoms with Gasteiger partial charge in [0.25, 0.3) is 0 Å². The van der Waals surface area contributed by atoms with Gasteiger partial charge in [0.15, 0.2) is 0 Å². The first-order valence-electron chi connectivity index (χ1n) is 9.73. The Labute approximate surface area is 158 Å². The first-order chi connectivity index (χ1) is 13.0. The van der Waals surface area contributed by atoms with Gasteiger partial charge < -0.3 is 0 Å². The van der Waals surface area contributed by atoms with E-state index in [1.807, 2.05) is 0 Å². The second-order valence-electron chi connectivity index (χ2n) is 7.69. The number of rotatable bonds is 3. The highest BCUT2D eigenvalue weighted by Crippen LogP contribution is 2.39. The summed E-state index contributed by atoms with van der Waals surface area (Å²) in [6.45, 7) is 2.21. The SMILES string of the molecule is CC[C@H]1CC[C@H](c2cc(F)c(-c3ccc4cc(F)ccc4c3)c(F)c2)CC1. The molecule has 3 aromatic carbocycles. The predicted octanol–water partition coefficient (Wildman–Crippen LogP) is 7.61. The Morgan fingerprint density at radius 2 is 1.41 bits per heavy atom. The Hall–Kier alpha value is -2.29. The highest BCUT2D eigenvalue weighted by Gasteiger charge is 2.23. The van der Waals surface area contributed by atoms with E-state index in [0.717, 1.165) is 42.6 Å². The molecule has 140 valence electrons. The van der Waals surface area contributed by atoms with Crippen molar-refractivity contribution in [2.24, 2.45) is 5.92 Å². The van der Waals surface area contributed by atoms with E-state index in [-0.39, 0.29) is 17.3 Å². The molecule has 0 bridgehead atoms. The third kappa shape index (κ3) is 3.60. The molecule has 0 unspecified atom stereocenters. The van der Waals surface area contributed by atoms with E-state index in [9.17, 15) is 13.2 Å². The van der Waals surface area contributed by atoms with E-state index in [4.69, 9.17) is 0 Å². The molecule has 27 heavy (non-hydrogen) atoms. The van der Waals surface area contributed by atoms with Crippen LogP contribution in [0.2, 0.25) is 0 Å². The van der Waals surface area contributed by atoms with Gasteiger partial charge in [-0.25, -0.2) is 13.2 Å². The Morgan fingerprint density at radius 3 is 2.07 bits per heavy atom. The maximum absolute atomic E-state index is 14.9. The van der Waals surface area contributed by atoms with Crippen LogP contribution in [0.3, 0.4) is 0 Å². The second kappa shape index (κ2) is 7.38. The summed E-state index contributed by atoms with van der Waals surface area (Å²) < 4.78 is 43.1. The molecule has 0 atom stereocenters. The van der Waals surface area contributed by atoms with Crippen molar-refractivity contribution in [1.29, 1.82) is 0 Å². The number of hydrogen-bond donors (Lipinski definition) is 0. The van der Waals surface area contributed by atoms with Crippen LogP contribution in [0.15, 0.2) is 48.5 Å². The molecule has 0 amide bonds. The van der Waals surface area contributed by atoms with E-state index >= 15 is 0 Å². The zero-order valence-electron chi connectivity index (χ0n) is 15.4. The lowest BCUT2D eigenvalue weighted by atomic mass is 9.77. The zero-order valence-corrected chi connectivity index (χ0v) is 15.4. The van der Waals surface area contributed by atoms with Gasteiger partial charge in [-0.05, 0) is 89.8 Å². The van der Waals surface area contributed by atoms with Crippen molar-refractivity contribution < 1.29 is 13.2 Å². The number of fused-ring (bicyclic) bond motifs is 1. The highest BCUT2D eigenvalue weighted by atomic mass is 19.1. The van der Waals surface area contributed by atoms with Crippen LogP contribution in [-0.4, -0.2) is 0 Å². The first kappa shape index (κ1) is 18.1. The monoisotopic (exact) mass is 368 g/mol. The minimum atomic E-state index is -0.524. The summed E-state index contributed by atoms with van der Waals surface area (Å²) >= 11 is 0. The molecule has 0 radical (unpaired) electrons. The smallest absolute Gasteiger partial charge is 0.134 e. The first-order valence-corrected chi connectivity index (χ1v) is 9.73. The van der Waals surface area contributed by atoms with Crippen LogP contribution in [0, 0.1) is 23.4 Å². The Balaban J connectivity index is 1.67. The molecule has 3 aromatic rings. The minimum Gasteiger partial charge on any atom is -0.207 e. The minimum absolute atomic E-state index is 0.00720. The molecule has 1 aliphatic rings. The fourth-order valence-electron chi connectivity index (χ4n) is 4.38. The number of halogens is 3. The molecule has 0 nitrogen and oxygen atoms in total. The van der Waals surface area contributed by atoms with Gasteiger partial charge >= 0.3 is 0 Å². The molecular weight excluding hydrogens is 345 g/mol. The lowest BCUT2D eigenvalue weighted by Crippen LogP contribution is -2.13. The van der Waals surface area contributed by atoms with E-state index in [1.165, 1.54) is 30.7 Å². The quantitative estimate of drug-likeness (QED) is 0.446. The summed E-state index contributed by atoms with van der Waals surface area (Å²) in [4.78, 5) is 0. The van der Waals surface area contributed by atoms with Crippen molar-refractivity contribution in [2.45, 2.75) is 44.9 Å². The van der Waals surface area contributed by atoms with E-state index in [0.29, 0.717) is 10.9 Å². The molecule has 0 spiro atoms. The van der Waals surface area contributed by atoms with Crippen molar-refractivity contribution >= 4 is 10.8 Å². The molecule has 3 heteroatoms. The highest BCUT2D eigenvalue weighted by molar-refractivity contribution is 5.87. The van der Waals surface area contributed by atoms with Gasteiger partial charge in [-0.15, -0.1) is 0 Å². The van der Waals surface area contributed by atoms with Crippen molar-refractivity contribution in [3.8, 4) is 11.1 Å². The lowest BCUT2D eigenvalue weighted by Gasteiger charge is -2.28. The Bertz CT molecular complexity index is 946. The van der Waals surface area contributed by atoms with Gasteiger partial charge in [0, 0.05) is 0 Å². The zero-order chi connectivity index (χ0) is 19.0. The Morgan fingerprint density at radius 1 is 0.778 bits per heavy atom. The van der Waals surface area contributed by atoms with Crippen LogP contribution < -0.4 is 0 Å². The molecule has 0 N–H and O–H groups in total. The van der Waals surface area contributed by atoms with E-state index in [1.54, 1.807) is 24.3 Å². The maximum Gasteiger partial charge on any atom is 0.134 e. The molecule has 0 aliphatic heterocycles. The van der Waals surface area contributed by atoms with Gasteiger partial charge in [0.2, 0.25) is 0 Å². The summed E-state index contributed by atoms with van der Waals surface area (Å²) in [5.74, 6) is -0.383. The Kier molecular flexibility index (Phi) is 4.94. The third-order valence-corrected chi connectivity index (χ3v) is 6.05. The topological polar surface area (TPSA) is 0 Å². The van der Waals surface area contributed by atoms with Crippen LogP contribution in [0.5, 0.6) is 0 Å². The van der Waals surface area contributed by atoms with Crippen molar-refractivity contribution in [3.63, 3.8) is 0 Å². The molecule has 0 heterocycles. The second-order valence-corrected chi connectivity index (χ2v) is 7.69. The summed E-state index contributed by atoms with van der Waals surface area (Å²) in [5, 5.41) is 1.47. The summed E-state index contributed by atoms with van der Waals surface area (Å²) in [5.41, 5.74) is 1.24. The summed E-state index contributed by atoms with van der Waals surface area (Å²) in [6.07, 6.45) is 5.44. The number of hydrogen-bond acceptors (Lipinski definition) is 0. The summed E-state index contributed by atoms with van der Waals surface area (Å²) in [7, 11) is 0. The molecule has 0 aromatic heterocycles. The van der Waals surface area contributed by atoms with Gasteiger partial charge in [0.05, 0.1) is 5.56 Å². The van der Waals surface area contributed by atoms with E-state index in [2.05, 4.69) is 6.92 Å². The van der Waals surface area contributed by atoms with Crippen molar-refractivity contribution in [2.75, 3.05) is 0 Å². The van der Waals surface area contributed by atoms with Crippen LogP contribution >= 0.6 is 0 Å². The summed E-state index contributed by atoms with van der Waals surface area (Å²) in [6, 6.07) is 12.5. The molecule has 0 saturated heterocycles. The van der Waals surface area contributed by atoms with Crippen molar-refractivity contribution in [3.05, 3.63) is 71.5 Å². The molecule has 1 saturated carbocycles. The van der Waals surface area contributed by atoms with E-state index < -0.39 is 11.6 Å².